The van der Waals surface area contributed by atoms with Gasteiger partial charge in [-0.05, 0) is 51.4 Å². The van der Waals surface area contributed by atoms with Crippen LogP contribution in [-0.4, -0.2) is 130 Å². The van der Waals surface area contributed by atoms with Gasteiger partial charge in [0.15, 0.2) is 0 Å². The Morgan fingerprint density at radius 2 is 0.528 bits per heavy atom. The summed E-state index contributed by atoms with van der Waals surface area (Å²) in [6, 6.07) is -2.32. The maximum atomic E-state index is 13.3. The molecule has 21 nitrogen and oxygen atoms in total. The summed E-state index contributed by atoms with van der Waals surface area (Å²) in [4.78, 5) is 86.9. The summed E-state index contributed by atoms with van der Waals surface area (Å²) >= 11 is 0. The maximum absolute atomic E-state index is 13.3. The van der Waals surface area contributed by atoms with Crippen LogP contribution in [0.1, 0.15) is 427 Å². The van der Waals surface area contributed by atoms with Crippen molar-refractivity contribution in [3.8, 4) is 0 Å². The number of unbranched alkanes of at least 4 members (excludes halogenated alkanes) is 46. The molecule has 4 amide bonds. The highest BCUT2D eigenvalue weighted by molar-refractivity contribution is 7.47. The number of carbonyl (C=O) groups excluding carboxylic acids is 5. The molecule has 0 aliphatic heterocycles. The van der Waals surface area contributed by atoms with E-state index in [1.807, 2.05) is 0 Å². The largest absolute Gasteiger partial charge is 0.472 e. The molecule has 0 saturated heterocycles. The van der Waals surface area contributed by atoms with E-state index in [-0.39, 0.29) is 88.3 Å². The summed E-state index contributed by atoms with van der Waals surface area (Å²) < 4.78 is 71.8. The molecule has 640 valence electrons. The topological polar surface area (TPSA) is 282 Å². The van der Waals surface area contributed by atoms with Gasteiger partial charge >= 0.3 is 33.6 Å². The van der Waals surface area contributed by atoms with Crippen molar-refractivity contribution in [3.05, 3.63) is 0 Å². The van der Waals surface area contributed by atoms with Gasteiger partial charge in [0.2, 0.25) is 11.8 Å². The molecule has 6 atom stereocenters. The van der Waals surface area contributed by atoms with Crippen LogP contribution in [0.15, 0.2) is 0 Å². The number of hydrogen-bond acceptors (Lipinski definition) is 15. The highest BCUT2D eigenvalue weighted by atomic mass is 31.2. The van der Waals surface area contributed by atoms with Crippen LogP contribution in [0.2, 0.25) is 0 Å². The summed E-state index contributed by atoms with van der Waals surface area (Å²) in [5, 5.41) is 10.9. The molecule has 0 aromatic rings. The fourth-order valence-corrected chi connectivity index (χ4v) is 14.8. The smallest absolute Gasteiger partial charge is 0.462 e. The highest BCUT2D eigenvalue weighted by Crippen LogP contribution is 2.44. The number of esters is 2. The molecule has 0 aromatic heterocycles. The van der Waals surface area contributed by atoms with Gasteiger partial charge in [-0.3, -0.25) is 37.3 Å². The molecule has 0 saturated carbocycles. The third kappa shape index (κ3) is 75.9. The standard InChI is InChI=1S/C85H168N4O17P2/c1-7-13-19-25-29-33-36-38-41-44-50-56-62-82(91)89-78(74-100-70-66-80(60-54-48-24-18-12-6)106-84(93)64-58-52-46-42-35-31-27-21-15-9-3)76-104-108(97,98)102-72-68-87-85(94)86-67-71-101-107(95,96)103-75-77(88-81(90)61-55-49-43-40-37-34-30-26-20-14-8-2)73-99-69-65-79(59-53-47-23-17-11-5)105-83(92)63-57-51-45-39-32-28-22-16-10-4/h77-80H,7-76H2,1-6H3,(H,88,90)(H,89,91)(H,95,96)(H,97,98)(H2,86,87,94). The zero-order chi connectivity index (χ0) is 79.2. The average Bonchev–Trinajstić information content (AvgIpc) is 0.915. The van der Waals surface area contributed by atoms with E-state index in [4.69, 9.17) is 37.0 Å². The highest BCUT2D eigenvalue weighted by Gasteiger charge is 2.27. The monoisotopic (exact) mass is 1580 g/mol. The lowest BCUT2D eigenvalue weighted by Gasteiger charge is -2.22. The maximum Gasteiger partial charge on any atom is 0.472 e. The van der Waals surface area contributed by atoms with Crippen molar-refractivity contribution in [2.75, 3.05) is 65.9 Å². The number of ether oxygens (including phenoxy) is 4. The van der Waals surface area contributed by atoms with Crippen molar-refractivity contribution in [1.29, 1.82) is 0 Å². The van der Waals surface area contributed by atoms with E-state index in [2.05, 4.69) is 62.8 Å². The molecule has 23 heteroatoms. The Bertz CT molecular complexity index is 2140. The summed E-state index contributed by atoms with van der Waals surface area (Å²) in [5.41, 5.74) is 0. The van der Waals surface area contributed by atoms with Gasteiger partial charge in [-0.2, -0.15) is 0 Å². The molecule has 0 heterocycles. The number of phosphoric ester groups is 2. The lowest BCUT2D eigenvalue weighted by Crippen LogP contribution is -2.41. The molecule has 0 spiro atoms. The van der Waals surface area contributed by atoms with Gasteiger partial charge in [-0.25, -0.2) is 13.9 Å². The molecule has 0 aliphatic carbocycles. The van der Waals surface area contributed by atoms with Crippen LogP contribution < -0.4 is 21.3 Å². The van der Waals surface area contributed by atoms with E-state index < -0.39 is 60.2 Å². The van der Waals surface area contributed by atoms with E-state index in [0.717, 1.165) is 154 Å². The second-order valence-electron chi connectivity index (χ2n) is 30.7. The van der Waals surface area contributed by atoms with Gasteiger partial charge in [-0.15, -0.1) is 0 Å². The lowest BCUT2D eigenvalue weighted by atomic mass is 10.0. The molecule has 0 aliphatic rings. The second kappa shape index (κ2) is 79.5. The zero-order valence-electron chi connectivity index (χ0n) is 70.2. The first kappa shape index (κ1) is 105. The Labute approximate surface area is 660 Å². The Kier molecular flexibility index (Phi) is 77.5. The van der Waals surface area contributed by atoms with Crippen molar-refractivity contribution >= 4 is 45.4 Å². The number of amides is 4. The number of phosphoric acid groups is 2. The molecular weight excluding hydrogens is 1410 g/mol. The third-order valence-electron chi connectivity index (χ3n) is 20.0. The minimum atomic E-state index is -4.71. The normalized spacial score (nSPS) is 13.9. The van der Waals surface area contributed by atoms with E-state index in [0.29, 0.717) is 38.5 Å². The summed E-state index contributed by atoms with van der Waals surface area (Å²) in [6.07, 6.45) is 62.7. The Morgan fingerprint density at radius 1 is 0.287 bits per heavy atom. The van der Waals surface area contributed by atoms with Gasteiger partial charge in [-0.1, -0.05) is 337 Å². The number of carbonyl (C=O) groups is 5. The predicted octanol–water partition coefficient (Wildman–Crippen LogP) is 22.9. The van der Waals surface area contributed by atoms with E-state index in [9.17, 15) is 42.9 Å². The first-order chi connectivity index (χ1) is 52.5. The van der Waals surface area contributed by atoms with Gasteiger partial charge in [0.05, 0.1) is 64.9 Å². The predicted molar refractivity (Wildman–Crippen MR) is 441 cm³/mol. The summed E-state index contributed by atoms with van der Waals surface area (Å²) in [7, 11) is -9.41. The summed E-state index contributed by atoms with van der Waals surface area (Å²) in [6.45, 7) is 11.6. The van der Waals surface area contributed by atoms with E-state index in [1.165, 1.54) is 180 Å². The minimum Gasteiger partial charge on any atom is -0.462 e. The quantitative estimate of drug-likeness (QED) is 0.0187. The Morgan fingerprint density at radius 3 is 0.796 bits per heavy atom. The Balaban J connectivity index is 5.57. The molecular formula is C85H168N4O17P2. The second-order valence-corrected chi connectivity index (χ2v) is 33.6. The minimum absolute atomic E-state index is 0.0299. The van der Waals surface area contributed by atoms with Gasteiger partial charge in [0.25, 0.3) is 0 Å². The van der Waals surface area contributed by atoms with Crippen LogP contribution in [-0.2, 0) is 65.4 Å². The zero-order valence-corrected chi connectivity index (χ0v) is 72.0. The van der Waals surface area contributed by atoms with Crippen LogP contribution in [0, 0.1) is 0 Å². The molecule has 0 rings (SSSR count). The number of rotatable bonds is 86. The van der Waals surface area contributed by atoms with Crippen molar-refractivity contribution < 1.29 is 79.9 Å². The third-order valence-corrected chi connectivity index (χ3v) is 22.0. The van der Waals surface area contributed by atoms with Crippen LogP contribution in [0.4, 0.5) is 4.79 Å². The number of urea groups is 1. The van der Waals surface area contributed by atoms with Gasteiger partial charge in [0, 0.05) is 51.6 Å². The first-order valence-electron chi connectivity index (χ1n) is 44.9. The van der Waals surface area contributed by atoms with Crippen LogP contribution >= 0.6 is 15.6 Å². The molecule has 108 heavy (non-hydrogen) atoms. The lowest BCUT2D eigenvalue weighted by molar-refractivity contribution is -0.151. The van der Waals surface area contributed by atoms with Crippen molar-refractivity contribution in [2.45, 2.75) is 451 Å². The molecule has 0 radical (unpaired) electrons. The SMILES string of the molecule is CCCCCCCCCCCCCCC(=O)NC(COCCC(CCCCCCC)OC(=O)CCCCCCCCCCCC)COP(=O)(O)OCCNC(=O)NCCOP(=O)(O)OCC(COCCC(CCCCCCC)OC(=O)CCCCCCCCCCC)NC(=O)CCCCCCCCCCCCC. The first-order valence-corrected chi connectivity index (χ1v) is 47.9. The van der Waals surface area contributed by atoms with Crippen LogP contribution in [0.5, 0.6) is 0 Å². The van der Waals surface area contributed by atoms with Crippen LogP contribution in [0.25, 0.3) is 0 Å². The van der Waals surface area contributed by atoms with E-state index in [1.54, 1.807) is 0 Å². The fourth-order valence-electron chi connectivity index (χ4n) is 13.3. The van der Waals surface area contributed by atoms with Gasteiger partial charge in [0.1, 0.15) is 12.2 Å². The molecule has 6 N–H and O–H groups in total. The molecule has 0 fully saturated rings. The van der Waals surface area contributed by atoms with Gasteiger partial charge < -0.3 is 50.0 Å². The Hall–Kier alpha value is -2.71. The number of hydrogen-bond donors (Lipinski definition) is 6. The fraction of sp³-hybridized carbons (Fsp3) is 0.941. The summed E-state index contributed by atoms with van der Waals surface area (Å²) in [5.74, 6) is -0.842. The van der Waals surface area contributed by atoms with E-state index >= 15 is 0 Å². The molecule has 0 bridgehead atoms. The molecule has 0 aromatic carbocycles. The average molecular weight is 1580 g/mol. The van der Waals surface area contributed by atoms with Crippen molar-refractivity contribution in [2.24, 2.45) is 0 Å². The van der Waals surface area contributed by atoms with Crippen molar-refractivity contribution in [1.82, 2.24) is 21.3 Å². The molecule has 6 unspecified atom stereocenters. The van der Waals surface area contributed by atoms with Crippen LogP contribution in [0.3, 0.4) is 0 Å². The number of nitrogens with one attached hydrogen (secondary N) is 4. The van der Waals surface area contributed by atoms with Crippen molar-refractivity contribution in [3.63, 3.8) is 0 Å².